The fourth-order valence-corrected chi connectivity index (χ4v) is 5.06. The number of hydrogen-bond donors (Lipinski definition) is 0. The lowest BCUT2D eigenvalue weighted by atomic mass is 10.2. The summed E-state index contributed by atoms with van der Waals surface area (Å²) in [6.07, 6.45) is 1.90. The fourth-order valence-electron chi connectivity index (χ4n) is 3.25. The summed E-state index contributed by atoms with van der Waals surface area (Å²) in [4.78, 5) is 25.3. The van der Waals surface area contributed by atoms with Crippen LogP contribution in [0.2, 0.25) is 5.02 Å². The molecule has 1 saturated heterocycles. The summed E-state index contributed by atoms with van der Waals surface area (Å²) in [5, 5.41) is 8.97. The normalized spacial score (nSPS) is 18.4. The molecule has 3 heterocycles. The predicted molar refractivity (Wildman–Crippen MR) is 104 cm³/mol. The van der Waals surface area contributed by atoms with E-state index in [0.717, 1.165) is 9.25 Å². The van der Waals surface area contributed by atoms with Crippen LogP contribution in [0.1, 0.15) is 12.5 Å². The molecule has 0 radical (unpaired) electrons. The van der Waals surface area contributed by atoms with Crippen LogP contribution in [-0.2, 0) is 16.9 Å². The van der Waals surface area contributed by atoms with Crippen LogP contribution >= 0.6 is 11.6 Å². The second-order valence-corrected chi connectivity index (χ2v) is 9.27. The highest BCUT2D eigenvalue weighted by atomic mass is 35.5. The summed E-state index contributed by atoms with van der Waals surface area (Å²) in [5.74, 6) is 0.0332. The average molecular weight is 422 g/mol. The first-order valence-corrected chi connectivity index (χ1v) is 10.7. The number of rotatable bonds is 3. The molecule has 0 saturated carbocycles. The molecular formula is C17H16ClN5O4S. The lowest BCUT2D eigenvalue weighted by Gasteiger charge is -2.14. The van der Waals surface area contributed by atoms with Crippen molar-refractivity contribution in [3.8, 4) is 17.1 Å². The van der Waals surface area contributed by atoms with Gasteiger partial charge in [-0.3, -0.25) is 14.0 Å². The standard InChI is InChI=1S/C17H16ClN5O4S/c1-21-16(24)15(20-23(17(21)25)12-4-2-11(18)3-5-12)14-6-8-19-22(14)13-7-9-28(26,27)10-13/h2-6,8,13H,7,9-10H2,1H3. The van der Waals surface area contributed by atoms with Gasteiger partial charge in [0.2, 0.25) is 0 Å². The van der Waals surface area contributed by atoms with Crippen molar-refractivity contribution in [3.63, 3.8) is 0 Å². The van der Waals surface area contributed by atoms with Crippen LogP contribution in [0.3, 0.4) is 0 Å². The summed E-state index contributed by atoms with van der Waals surface area (Å²) in [6.45, 7) is 0. The van der Waals surface area contributed by atoms with Crippen LogP contribution in [0.25, 0.3) is 17.1 Å². The molecule has 1 aliphatic heterocycles. The van der Waals surface area contributed by atoms with Crippen LogP contribution in [0, 0.1) is 0 Å². The van der Waals surface area contributed by atoms with E-state index in [1.165, 1.54) is 17.9 Å². The number of hydrogen-bond acceptors (Lipinski definition) is 6. The van der Waals surface area contributed by atoms with Crippen LogP contribution in [-0.4, -0.2) is 44.1 Å². The molecule has 3 aromatic rings. The highest BCUT2D eigenvalue weighted by Gasteiger charge is 2.31. The topological polar surface area (TPSA) is 109 Å². The molecule has 4 rings (SSSR count). The zero-order valence-electron chi connectivity index (χ0n) is 14.8. The van der Waals surface area contributed by atoms with Crippen molar-refractivity contribution in [1.82, 2.24) is 24.1 Å². The Kier molecular flexibility index (Phi) is 4.47. The molecule has 28 heavy (non-hydrogen) atoms. The molecule has 0 N–H and O–H groups in total. The molecule has 0 bridgehead atoms. The van der Waals surface area contributed by atoms with Gasteiger partial charge < -0.3 is 0 Å². The second-order valence-electron chi connectivity index (χ2n) is 6.60. The van der Waals surface area contributed by atoms with Gasteiger partial charge in [0.1, 0.15) is 0 Å². The largest absolute Gasteiger partial charge is 0.351 e. The monoisotopic (exact) mass is 421 g/mol. The number of nitrogens with zero attached hydrogens (tertiary/aromatic N) is 5. The van der Waals surface area contributed by atoms with Crippen molar-refractivity contribution in [2.45, 2.75) is 12.5 Å². The van der Waals surface area contributed by atoms with E-state index in [1.54, 1.807) is 30.3 Å². The van der Waals surface area contributed by atoms with Crippen molar-refractivity contribution >= 4 is 21.4 Å². The molecule has 1 aliphatic rings. The van der Waals surface area contributed by atoms with E-state index < -0.39 is 21.1 Å². The molecule has 1 fully saturated rings. The minimum atomic E-state index is -3.13. The Morgan fingerprint density at radius 1 is 1.14 bits per heavy atom. The molecule has 146 valence electrons. The smallest absolute Gasteiger partial charge is 0.267 e. The van der Waals surface area contributed by atoms with E-state index >= 15 is 0 Å². The highest BCUT2D eigenvalue weighted by Crippen LogP contribution is 2.27. The van der Waals surface area contributed by atoms with Gasteiger partial charge in [0.05, 0.1) is 28.9 Å². The summed E-state index contributed by atoms with van der Waals surface area (Å²) < 4.78 is 27.2. The van der Waals surface area contributed by atoms with E-state index in [1.807, 2.05) is 0 Å². The quantitative estimate of drug-likeness (QED) is 0.619. The molecule has 1 unspecified atom stereocenters. The lowest BCUT2D eigenvalue weighted by molar-refractivity contribution is 0.502. The molecule has 2 aromatic heterocycles. The summed E-state index contributed by atoms with van der Waals surface area (Å²) in [7, 11) is -1.77. The molecule has 0 aliphatic carbocycles. The first-order chi connectivity index (χ1) is 13.3. The minimum Gasteiger partial charge on any atom is -0.267 e. The Morgan fingerprint density at radius 2 is 1.86 bits per heavy atom. The summed E-state index contributed by atoms with van der Waals surface area (Å²) in [5.41, 5.74) is -0.367. The van der Waals surface area contributed by atoms with E-state index in [9.17, 15) is 18.0 Å². The molecule has 9 nitrogen and oxygen atoms in total. The van der Waals surface area contributed by atoms with Crippen LogP contribution < -0.4 is 11.2 Å². The Hall–Kier alpha value is -2.72. The van der Waals surface area contributed by atoms with Crippen molar-refractivity contribution < 1.29 is 8.42 Å². The molecule has 0 amide bonds. The van der Waals surface area contributed by atoms with Gasteiger partial charge in [-0.1, -0.05) is 11.6 Å². The van der Waals surface area contributed by atoms with Gasteiger partial charge >= 0.3 is 5.69 Å². The molecule has 1 atom stereocenters. The third-order valence-electron chi connectivity index (χ3n) is 4.71. The van der Waals surface area contributed by atoms with Gasteiger partial charge in [0.25, 0.3) is 5.56 Å². The lowest BCUT2D eigenvalue weighted by Crippen LogP contribution is -2.40. The van der Waals surface area contributed by atoms with Crippen LogP contribution in [0.15, 0.2) is 46.1 Å². The SMILES string of the molecule is Cn1c(=O)c(-c2ccnn2C2CCS(=O)(=O)C2)nn(-c2ccc(Cl)cc2)c1=O. The van der Waals surface area contributed by atoms with Crippen LogP contribution in [0.4, 0.5) is 0 Å². The van der Waals surface area contributed by atoms with Crippen molar-refractivity contribution in [2.24, 2.45) is 7.05 Å². The van der Waals surface area contributed by atoms with Gasteiger partial charge in [0.15, 0.2) is 15.5 Å². The Morgan fingerprint density at radius 3 is 2.50 bits per heavy atom. The first-order valence-electron chi connectivity index (χ1n) is 8.47. The van der Waals surface area contributed by atoms with E-state index in [4.69, 9.17) is 11.6 Å². The Balaban J connectivity index is 1.88. The van der Waals surface area contributed by atoms with Gasteiger partial charge in [-0.25, -0.2) is 13.2 Å². The van der Waals surface area contributed by atoms with Gasteiger partial charge in [0, 0.05) is 18.3 Å². The third kappa shape index (κ3) is 3.18. The Bertz CT molecular complexity index is 1270. The zero-order chi connectivity index (χ0) is 20.1. The summed E-state index contributed by atoms with van der Waals surface area (Å²) >= 11 is 5.90. The second kappa shape index (κ2) is 6.71. The maximum Gasteiger partial charge on any atom is 0.351 e. The van der Waals surface area contributed by atoms with Gasteiger partial charge in [-0.05, 0) is 36.8 Å². The van der Waals surface area contributed by atoms with Crippen molar-refractivity contribution in [3.05, 3.63) is 62.4 Å². The maximum absolute atomic E-state index is 12.7. The third-order valence-corrected chi connectivity index (χ3v) is 6.72. The number of halogens is 1. The van der Waals surface area contributed by atoms with Crippen LogP contribution in [0.5, 0.6) is 0 Å². The average Bonchev–Trinajstić information content (AvgIpc) is 3.27. The molecule has 1 aromatic carbocycles. The first kappa shape index (κ1) is 18.6. The highest BCUT2D eigenvalue weighted by molar-refractivity contribution is 7.91. The van der Waals surface area contributed by atoms with Gasteiger partial charge in [-0.2, -0.15) is 14.9 Å². The molecule has 0 spiro atoms. The predicted octanol–water partition coefficient (Wildman–Crippen LogP) is 0.808. The molecular weight excluding hydrogens is 406 g/mol. The fraction of sp³-hybridized carbons (Fsp3) is 0.294. The molecule has 11 heteroatoms. The number of benzene rings is 1. The zero-order valence-corrected chi connectivity index (χ0v) is 16.4. The number of sulfone groups is 1. The Labute approximate surface area is 164 Å². The summed E-state index contributed by atoms with van der Waals surface area (Å²) in [6, 6.07) is 7.67. The maximum atomic E-state index is 12.7. The van der Waals surface area contributed by atoms with Gasteiger partial charge in [-0.15, -0.1) is 0 Å². The number of aromatic nitrogens is 5. The minimum absolute atomic E-state index is 0.0128. The van der Waals surface area contributed by atoms with Crippen molar-refractivity contribution in [2.75, 3.05) is 11.5 Å². The van der Waals surface area contributed by atoms with E-state index in [2.05, 4.69) is 10.2 Å². The van der Waals surface area contributed by atoms with Crippen molar-refractivity contribution in [1.29, 1.82) is 0 Å². The van der Waals surface area contributed by atoms with E-state index in [-0.39, 0.29) is 23.2 Å². The van der Waals surface area contributed by atoms with E-state index in [0.29, 0.717) is 22.8 Å².